The Labute approximate surface area is 157 Å². The summed E-state index contributed by atoms with van der Waals surface area (Å²) in [6, 6.07) is 11.5. The number of amides is 2. The van der Waals surface area contributed by atoms with Crippen LogP contribution in [0.3, 0.4) is 0 Å². The molecule has 0 aliphatic carbocycles. The van der Waals surface area contributed by atoms with E-state index in [1.165, 1.54) is 5.56 Å². The zero-order chi connectivity index (χ0) is 18.5. The van der Waals surface area contributed by atoms with Crippen molar-refractivity contribution in [3.05, 3.63) is 35.9 Å². The third-order valence-electron chi connectivity index (χ3n) is 5.96. The molecule has 5 nitrogen and oxygen atoms in total. The van der Waals surface area contributed by atoms with Crippen molar-refractivity contribution in [3.8, 4) is 0 Å². The number of likely N-dealkylation sites (tertiary alicyclic amines) is 2. The van der Waals surface area contributed by atoms with Crippen LogP contribution in [0.25, 0.3) is 0 Å². The first-order valence-corrected chi connectivity index (χ1v) is 9.95. The van der Waals surface area contributed by atoms with Gasteiger partial charge in [0.1, 0.15) is 0 Å². The molecule has 2 aliphatic rings. The van der Waals surface area contributed by atoms with Crippen LogP contribution in [0, 0.1) is 5.92 Å². The van der Waals surface area contributed by atoms with Gasteiger partial charge in [-0.1, -0.05) is 30.3 Å². The normalized spacial score (nSPS) is 24.5. The Kier molecular flexibility index (Phi) is 6.54. The summed E-state index contributed by atoms with van der Waals surface area (Å²) >= 11 is 0. The van der Waals surface area contributed by atoms with E-state index in [1.54, 1.807) is 0 Å². The average molecular weight is 360 g/mol. The number of benzene rings is 1. The van der Waals surface area contributed by atoms with Crippen LogP contribution in [0.2, 0.25) is 0 Å². The van der Waals surface area contributed by atoms with Crippen LogP contribution in [0.4, 0.5) is 4.79 Å². The zero-order valence-corrected chi connectivity index (χ0v) is 16.4. The van der Waals surface area contributed by atoms with E-state index in [0.717, 1.165) is 38.9 Å². The highest BCUT2D eigenvalue weighted by Crippen LogP contribution is 2.35. The lowest BCUT2D eigenvalue weighted by molar-refractivity contribution is -0.127. The molecule has 3 rings (SSSR count). The van der Waals surface area contributed by atoms with E-state index in [9.17, 15) is 4.79 Å². The second-order valence-electron chi connectivity index (χ2n) is 7.85. The smallest absolute Gasteiger partial charge is 0.317 e. The first-order chi connectivity index (χ1) is 12.6. The molecule has 1 aromatic carbocycles. The molecule has 0 saturated carbocycles. The number of carbonyl (C=O) groups excluding carboxylic acids is 1. The Morgan fingerprint density at radius 3 is 2.54 bits per heavy atom. The van der Waals surface area contributed by atoms with Crippen molar-refractivity contribution < 1.29 is 9.53 Å². The first kappa shape index (κ1) is 19.2. The molecule has 2 aliphatic heterocycles. The van der Waals surface area contributed by atoms with Gasteiger partial charge < -0.3 is 15.0 Å². The summed E-state index contributed by atoms with van der Waals surface area (Å²) in [5.74, 6) is 0.629. The zero-order valence-electron chi connectivity index (χ0n) is 16.4. The Hall–Kier alpha value is -1.59. The molecule has 2 fully saturated rings. The molecule has 2 atom stereocenters. The number of hydrogen-bond acceptors (Lipinski definition) is 3. The summed E-state index contributed by atoms with van der Waals surface area (Å²) in [6.07, 6.45) is 3.37. The molecule has 0 spiro atoms. The van der Waals surface area contributed by atoms with Gasteiger partial charge in [0.15, 0.2) is 0 Å². The molecular weight excluding hydrogens is 326 g/mol. The van der Waals surface area contributed by atoms with Crippen molar-refractivity contribution in [2.75, 3.05) is 33.3 Å². The predicted molar refractivity (Wildman–Crippen MR) is 104 cm³/mol. The minimum atomic E-state index is 0.0806. The Morgan fingerprint density at radius 1 is 1.23 bits per heavy atom. The van der Waals surface area contributed by atoms with Crippen molar-refractivity contribution >= 4 is 6.03 Å². The van der Waals surface area contributed by atoms with Crippen LogP contribution in [0.5, 0.6) is 0 Å². The maximum absolute atomic E-state index is 12.4. The van der Waals surface area contributed by atoms with Crippen molar-refractivity contribution in [1.29, 1.82) is 0 Å². The maximum Gasteiger partial charge on any atom is 0.317 e. The number of nitrogens with one attached hydrogen (secondary N) is 1. The van der Waals surface area contributed by atoms with E-state index in [4.69, 9.17) is 4.74 Å². The van der Waals surface area contributed by atoms with E-state index >= 15 is 0 Å². The van der Waals surface area contributed by atoms with Crippen LogP contribution in [-0.4, -0.2) is 67.3 Å². The minimum Gasteiger partial charge on any atom is -0.378 e. The van der Waals surface area contributed by atoms with Crippen molar-refractivity contribution in [2.45, 2.75) is 51.3 Å². The van der Waals surface area contributed by atoms with Crippen molar-refractivity contribution in [1.82, 2.24) is 15.1 Å². The van der Waals surface area contributed by atoms with E-state index in [-0.39, 0.29) is 6.03 Å². The fraction of sp³-hybridized carbons (Fsp3) is 0.667. The minimum absolute atomic E-state index is 0.0806. The monoisotopic (exact) mass is 359 g/mol. The van der Waals surface area contributed by atoms with Gasteiger partial charge >= 0.3 is 6.03 Å². The van der Waals surface area contributed by atoms with E-state index in [2.05, 4.69) is 36.2 Å². The lowest BCUT2D eigenvalue weighted by Gasteiger charge is -2.54. The number of methoxy groups -OCH3 is 1. The van der Waals surface area contributed by atoms with E-state index < -0.39 is 0 Å². The van der Waals surface area contributed by atoms with Crippen LogP contribution in [-0.2, 0) is 11.2 Å². The van der Waals surface area contributed by atoms with Gasteiger partial charge in [0.05, 0.1) is 6.10 Å². The molecular formula is C21H33N3O2. The first-order valence-electron chi connectivity index (χ1n) is 9.95. The number of ether oxygens (including phenoxy) is 1. The summed E-state index contributed by atoms with van der Waals surface area (Å²) in [5, 5.41) is 3.07. The lowest BCUT2D eigenvalue weighted by Crippen LogP contribution is -2.66. The van der Waals surface area contributed by atoms with Gasteiger partial charge in [-0.15, -0.1) is 0 Å². The van der Waals surface area contributed by atoms with Gasteiger partial charge in [-0.05, 0) is 44.6 Å². The highest BCUT2D eigenvalue weighted by Gasteiger charge is 2.45. The van der Waals surface area contributed by atoms with Gasteiger partial charge in [0.25, 0.3) is 0 Å². The summed E-state index contributed by atoms with van der Waals surface area (Å²) in [4.78, 5) is 16.9. The Morgan fingerprint density at radius 2 is 1.92 bits per heavy atom. The van der Waals surface area contributed by atoms with E-state index in [0.29, 0.717) is 30.7 Å². The average Bonchev–Trinajstić information content (AvgIpc) is 2.62. The summed E-state index contributed by atoms with van der Waals surface area (Å²) in [5.41, 5.74) is 1.26. The lowest BCUT2D eigenvalue weighted by atomic mass is 9.79. The molecule has 2 saturated heterocycles. The molecule has 26 heavy (non-hydrogen) atoms. The molecule has 144 valence electrons. The largest absolute Gasteiger partial charge is 0.378 e. The Balaban J connectivity index is 1.42. The second-order valence-corrected chi connectivity index (χ2v) is 7.85. The predicted octanol–water partition coefficient (Wildman–Crippen LogP) is 2.76. The third kappa shape index (κ3) is 4.38. The third-order valence-corrected chi connectivity index (χ3v) is 5.96. The molecule has 1 aromatic rings. The summed E-state index contributed by atoms with van der Waals surface area (Å²) < 4.78 is 5.67. The molecule has 1 N–H and O–H groups in total. The van der Waals surface area contributed by atoms with Gasteiger partial charge in [-0.3, -0.25) is 4.90 Å². The van der Waals surface area contributed by atoms with Crippen LogP contribution in [0.1, 0.15) is 32.3 Å². The number of hydrogen-bond donors (Lipinski definition) is 1. The van der Waals surface area contributed by atoms with Crippen molar-refractivity contribution in [2.24, 2.45) is 5.92 Å². The van der Waals surface area contributed by atoms with Crippen molar-refractivity contribution in [3.63, 3.8) is 0 Å². The number of rotatable bonds is 6. The number of urea groups is 1. The van der Waals surface area contributed by atoms with Gasteiger partial charge in [0, 0.05) is 45.4 Å². The molecule has 5 heteroatoms. The maximum atomic E-state index is 12.4. The fourth-order valence-corrected chi connectivity index (χ4v) is 4.37. The molecule has 2 heterocycles. The molecule has 0 aromatic heterocycles. The topological polar surface area (TPSA) is 44.8 Å². The second kappa shape index (κ2) is 8.87. The molecule has 0 bridgehead atoms. The van der Waals surface area contributed by atoms with Crippen LogP contribution in [0.15, 0.2) is 30.3 Å². The Bertz CT molecular complexity index is 570. The standard InChI is InChI=1S/C21H33N3O2/c1-16(2)24-15-19(26-3)20(24)18-10-13-23(14-11-18)21(25)22-12-9-17-7-5-4-6-8-17/h4-8,16,18-20H,9-15H2,1-3H3,(H,22,25)/t19-,20-/m0/s1. The molecule has 0 radical (unpaired) electrons. The number of carbonyl (C=O) groups is 1. The van der Waals surface area contributed by atoms with Crippen LogP contribution >= 0.6 is 0 Å². The SMILES string of the molecule is CO[C@H]1CN(C(C)C)[C@H]1C1CCN(C(=O)NCCc2ccccc2)CC1. The van der Waals surface area contributed by atoms with Gasteiger partial charge in [0.2, 0.25) is 0 Å². The highest BCUT2D eigenvalue weighted by molar-refractivity contribution is 5.74. The molecule has 2 amide bonds. The quantitative estimate of drug-likeness (QED) is 0.849. The number of nitrogens with zero attached hydrogens (tertiary/aromatic N) is 2. The molecule has 0 unspecified atom stereocenters. The summed E-state index contributed by atoms with van der Waals surface area (Å²) in [7, 11) is 1.82. The van der Waals surface area contributed by atoms with Crippen LogP contribution < -0.4 is 5.32 Å². The number of piperidine rings is 1. The summed E-state index contributed by atoms with van der Waals surface area (Å²) in [6.45, 7) is 7.95. The van der Waals surface area contributed by atoms with Gasteiger partial charge in [-0.25, -0.2) is 4.79 Å². The van der Waals surface area contributed by atoms with Gasteiger partial charge in [-0.2, -0.15) is 0 Å². The fourth-order valence-electron chi connectivity index (χ4n) is 4.37. The highest BCUT2D eigenvalue weighted by atomic mass is 16.5. The van der Waals surface area contributed by atoms with E-state index in [1.807, 2.05) is 30.2 Å².